The molecule has 2 atom stereocenters. The van der Waals surface area contributed by atoms with E-state index >= 15 is 0 Å². The number of hydrogen-bond acceptors (Lipinski definition) is 3. The SMILES string of the molecule is CCCC(Oc1ccc(F)cc1C(C)NCC)C(=O)O. The third-order valence-electron chi connectivity index (χ3n) is 3.04. The molecule has 0 aliphatic heterocycles. The second kappa shape index (κ2) is 7.85. The first-order valence-electron chi connectivity index (χ1n) is 6.91. The van der Waals surface area contributed by atoms with Crippen LogP contribution in [0.4, 0.5) is 4.39 Å². The van der Waals surface area contributed by atoms with E-state index in [2.05, 4.69) is 5.32 Å². The zero-order valence-electron chi connectivity index (χ0n) is 12.1. The molecule has 0 fully saturated rings. The first kappa shape index (κ1) is 16.4. The molecule has 5 heteroatoms. The molecule has 4 nitrogen and oxygen atoms in total. The second-order valence-corrected chi connectivity index (χ2v) is 4.69. The Balaban J connectivity index is 3.00. The first-order chi connectivity index (χ1) is 9.49. The Morgan fingerprint density at radius 2 is 2.15 bits per heavy atom. The monoisotopic (exact) mass is 283 g/mol. The number of ether oxygens (including phenoxy) is 1. The summed E-state index contributed by atoms with van der Waals surface area (Å²) in [6.07, 6.45) is 0.218. The maximum Gasteiger partial charge on any atom is 0.344 e. The Labute approximate surface area is 119 Å². The van der Waals surface area contributed by atoms with Crippen LogP contribution in [0.3, 0.4) is 0 Å². The molecule has 0 amide bonds. The number of nitrogens with one attached hydrogen (secondary N) is 1. The van der Waals surface area contributed by atoms with Crippen molar-refractivity contribution in [3.8, 4) is 5.75 Å². The lowest BCUT2D eigenvalue weighted by Gasteiger charge is -2.21. The molecule has 0 aliphatic rings. The van der Waals surface area contributed by atoms with Crippen molar-refractivity contribution in [2.75, 3.05) is 6.54 Å². The van der Waals surface area contributed by atoms with Crippen LogP contribution in [0.15, 0.2) is 18.2 Å². The number of rotatable bonds is 8. The van der Waals surface area contributed by atoms with Crippen molar-refractivity contribution in [2.45, 2.75) is 45.8 Å². The van der Waals surface area contributed by atoms with E-state index in [1.807, 2.05) is 20.8 Å². The van der Waals surface area contributed by atoms with Crippen molar-refractivity contribution in [2.24, 2.45) is 0 Å². The summed E-state index contributed by atoms with van der Waals surface area (Å²) in [6.45, 7) is 6.47. The van der Waals surface area contributed by atoms with Gasteiger partial charge in [0.15, 0.2) is 6.10 Å². The molecule has 1 aromatic rings. The van der Waals surface area contributed by atoms with Gasteiger partial charge < -0.3 is 15.2 Å². The van der Waals surface area contributed by atoms with Crippen LogP contribution in [0.25, 0.3) is 0 Å². The predicted octanol–water partition coefficient (Wildman–Crippen LogP) is 3.13. The molecule has 0 spiro atoms. The largest absolute Gasteiger partial charge is 0.479 e. The lowest BCUT2D eigenvalue weighted by Crippen LogP contribution is -2.28. The standard InChI is InChI=1S/C15H22FNO3/c1-4-6-14(15(18)19)20-13-8-7-11(16)9-12(13)10(3)17-5-2/h7-10,14,17H,4-6H2,1-3H3,(H,18,19). The third-order valence-corrected chi connectivity index (χ3v) is 3.04. The number of hydrogen-bond donors (Lipinski definition) is 2. The Kier molecular flexibility index (Phi) is 6.45. The highest BCUT2D eigenvalue weighted by atomic mass is 19.1. The van der Waals surface area contributed by atoms with Crippen LogP contribution in [-0.4, -0.2) is 23.7 Å². The lowest BCUT2D eigenvalue weighted by atomic mass is 10.1. The van der Waals surface area contributed by atoms with E-state index in [-0.39, 0.29) is 11.9 Å². The fraction of sp³-hybridized carbons (Fsp3) is 0.533. The summed E-state index contributed by atoms with van der Waals surface area (Å²) in [4.78, 5) is 11.2. The van der Waals surface area contributed by atoms with Crippen molar-refractivity contribution in [3.05, 3.63) is 29.6 Å². The zero-order chi connectivity index (χ0) is 15.1. The summed E-state index contributed by atoms with van der Waals surface area (Å²) < 4.78 is 19.0. The van der Waals surface area contributed by atoms with E-state index in [1.165, 1.54) is 18.2 Å². The lowest BCUT2D eigenvalue weighted by molar-refractivity contribution is -0.145. The molecule has 20 heavy (non-hydrogen) atoms. The van der Waals surface area contributed by atoms with Gasteiger partial charge in [0.05, 0.1) is 0 Å². The average molecular weight is 283 g/mol. The minimum absolute atomic E-state index is 0.109. The van der Waals surface area contributed by atoms with Crippen molar-refractivity contribution in [1.82, 2.24) is 5.32 Å². The smallest absolute Gasteiger partial charge is 0.344 e. The van der Waals surface area contributed by atoms with Crippen LogP contribution < -0.4 is 10.1 Å². The topological polar surface area (TPSA) is 58.6 Å². The van der Waals surface area contributed by atoms with Crippen molar-refractivity contribution >= 4 is 5.97 Å². The Hall–Kier alpha value is -1.62. The summed E-state index contributed by atoms with van der Waals surface area (Å²) >= 11 is 0. The van der Waals surface area contributed by atoms with E-state index in [0.717, 1.165) is 6.54 Å². The maximum absolute atomic E-state index is 13.4. The van der Waals surface area contributed by atoms with Crippen LogP contribution in [-0.2, 0) is 4.79 Å². The van der Waals surface area contributed by atoms with Gasteiger partial charge in [-0.2, -0.15) is 0 Å². The van der Waals surface area contributed by atoms with E-state index < -0.39 is 12.1 Å². The minimum Gasteiger partial charge on any atom is -0.479 e. The number of halogens is 1. The molecule has 0 bridgehead atoms. The number of carbonyl (C=O) groups is 1. The van der Waals surface area contributed by atoms with Crippen molar-refractivity contribution in [3.63, 3.8) is 0 Å². The van der Waals surface area contributed by atoms with E-state index in [9.17, 15) is 9.18 Å². The van der Waals surface area contributed by atoms with Gasteiger partial charge in [-0.05, 0) is 38.1 Å². The summed E-state index contributed by atoms with van der Waals surface area (Å²) in [5.41, 5.74) is 0.634. The van der Waals surface area contributed by atoms with Gasteiger partial charge in [-0.15, -0.1) is 0 Å². The fourth-order valence-corrected chi connectivity index (χ4v) is 2.03. The molecule has 1 rings (SSSR count). The fourth-order valence-electron chi connectivity index (χ4n) is 2.03. The van der Waals surface area contributed by atoms with Gasteiger partial charge in [0, 0.05) is 11.6 Å². The van der Waals surface area contributed by atoms with Gasteiger partial charge in [-0.3, -0.25) is 0 Å². The molecule has 0 heterocycles. The first-order valence-corrected chi connectivity index (χ1v) is 6.91. The van der Waals surface area contributed by atoms with Crippen LogP contribution >= 0.6 is 0 Å². The van der Waals surface area contributed by atoms with Gasteiger partial charge in [-0.25, -0.2) is 9.18 Å². The normalized spacial score (nSPS) is 13.8. The summed E-state index contributed by atoms with van der Waals surface area (Å²) in [7, 11) is 0. The van der Waals surface area contributed by atoms with E-state index in [0.29, 0.717) is 24.2 Å². The maximum atomic E-state index is 13.4. The summed E-state index contributed by atoms with van der Waals surface area (Å²) in [5.74, 6) is -0.946. The van der Waals surface area contributed by atoms with Gasteiger partial charge in [0.2, 0.25) is 0 Å². The highest BCUT2D eigenvalue weighted by molar-refractivity contribution is 5.72. The Morgan fingerprint density at radius 3 is 2.70 bits per heavy atom. The molecule has 0 aliphatic carbocycles. The molecule has 0 radical (unpaired) electrons. The van der Waals surface area contributed by atoms with Gasteiger partial charge >= 0.3 is 5.97 Å². The highest BCUT2D eigenvalue weighted by Crippen LogP contribution is 2.27. The molecular formula is C15H22FNO3. The molecule has 1 aromatic carbocycles. The van der Waals surface area contributed by atoms with E-state index in [4.69, 9.17) is 9.84 Å². The van der Waals surface area contributed by atoms with Gasteiger partial charge in [0.1, 0.15) is 11.6 Å². The predicted molar refractivity (Wildman–Crippen MR) is 75.5 cm³/mol. The number of aliphatic carboxylic acids is 1. The van der Waals surface area contributed by atoms with Crippen LogP contribution in [0.1, 0.15) is 45.2 Å². The van der Waals surface area contributed by atoms with E-state index in [1.54, 1.807) is 0 Å². The molecule has 0 aromatic heterocycles. The average Bonchev–Trinajstić information content (AvgIpc) is 2.40. The zero-order valence-corrected chi connectivity index (χ0v) is 12.1. The molecule has 2 N–H and O–H groups in total. The summed E-state index contributed by atoms with van der Waals surface area (Å²) in [5, 5.41) is 12.3. The third kappa shape index (κ3) is 4.49. The molecule has 2 unspecified atom stereocenters. The van der Waals surface area contributed by atoms with Crippen LogP contribution in [0, 0.1) is 5.82 Å². The number of carboxylic acid groups (broad SMARTS) is 1. The Morgan fingerprint density at radius 1 is 1.45 bits per heavy atom. The van der Waals surface area contributed by atoms with Crippen molar-refractivity contribution < 1.29 is 19.0 Å². The molecule has 0 saturated heterocycles. The highest BCUT2D eigenvalue weighted by Gasteiger charge is 2.21. The van der Waals surface area contributed by atoms with Crippen LogP contribution in [0.5, 0.6) is 5.75 Å². The van der Waals surface area contributed by atoms with Crippen molar-refractivity contribution in [1.29, 1.82) is 0 Å². The molecular weight excluding hydrogens is 261 g/mol. The quantitative estimate of drug-likeness (QED) is 0.769. The Bertz CT molecular complexity index is 451. The minimum atomic E-state index is -1.00. The van der Waals surface area contributed by atoms with Gasteiger partial charge in [-0.1, -0.05) is 20.3 Å². The van der Waals surface area contributed by atoms with Gasteiger partial charge in [0.25, 0.3) is 0 Å². The molecule has 112 valence electrons. The summed E-state index contributed by atoms with van der Waals surface area (Å²) in [6, 6.07) is 4.04. The van der Waals surface area contributed by atoms with Crippen LogP contribution in [0.2, 0.25) is 0 Å². The molecule has 0 saturated carbocycles. The number of benzene rings is 1. The second-order valence-electron chi connectivity index (χ2n) is 4.69. The number of carboxylic acids is 1.